The molecule has 1 amide bonds. The third-order valence-corrected chi connectivity index (χ3v) is 7.93. The Kier molecular flexibility index (Phi) is 6.66. The SMILES string of the molecule is COc1ccc(N(C)C(=O)C2CCN(S(=O)(=O)c3ccc4c(c3)OCCO4)CC2)cc1OC. The zero-order chi connectivity index (χ0) is 23.6. The number of carbonyl (C=O) groups excluding carboxylic acids is 1. The van der Waals surface area contributed by atoms with E-state index in [0.717, 1.165) is 0 Å². The summed E-state index contributed by atoms with van der Waals surface area (Å²) in [6.07, 6.45) is 0.889. The number of methoxy groups -OCH3 is 2. The Labute approximate surface area is 193 Å². The van der Waals surface area contributed by atoms with E-state index in [1.807, 2.05) is 0 Å². The van der Waals surface area contributed by atoms with E-state index in [0.29, 0.717) is 54.7 Å². The minimum absolute atomic E-state index is 0.0569. The van der Waals surface area contributed by atoms with E-state index in [1.54, 1.807) is 50.4 Å². The number of hydrogen-bond donors (Lipinski definition) is 0. The Morgan fingerprint density at radius 2 is 1.64 bits per heavy atom. The van der Waals surface area contributed by atoms with Gasteiger partial charge in [0.1, 0.15) is 13.2 Å². The number of amides is 1. The first-order valence-corrected chi connectivity index (χ1v) is 12.2. The highest BCUT2D eigenvalue weighted by Crippen LogP contribution is 2.35. The molecule has 0 atom stereocenters. The number of carbonyl (C=O) groups is 1. The van der Waals surface area contributed by atoms with Crippen LogP contribution in [-0.4, -0.2) is 66.2 Å². The van der Waals surface area contributed by atoms with Crippen molar-refractivity contribution < 1.29 is 32.2 Å². The van der Waals surface area contributed by atoms with Gasteiger partial charge < -0.3 is 23.8 Å². The molecule has 2 aromatic rings. The Morgan fingerprint density at radius 1 is 0.970 bits per heavy atom. The molecular weight excluding hydrogens is 448 g/mol. The Morgan fingerprint density at radius 3 is 2.30 bits per heavy atom. The fourth-order valence-corrected chi connectivity index (χ4v) is 5.60. The molecule has 2 aliphatic heterocycles. The predicted octanol–water partition coefficient (Wildman–Crippen LogP) is 2.54. The Bertz CT molecular complexity index is 1130. The molecule has 9 nitrogen and oxygen atoms in total. The molecule has 2 aromatic carbocycles. The molecule has 2 heterocycles. The maximum absolute atomic E-state index is 13.1. The first-order valence-electron chi connectivity index (χ1n) is 10.7. The summed E-state index contributed by atoms with van der Waals surface area (Å²) in [5.74, 6) is 1.77. The van der Waals surface area contributed by atoms with Crippen molar-refractivity contribution in [2.45, 2.75) is 17.7 Å². The first kappa shape index (κ1) is 23.2. The van der Waals surface area contributed by atoms with Crippen LogP contribution < -0.4 is 23.8 Å². The summed E-state index contributed by atoms with van der Waals surface area (Å²) in [6, 6.07) is 9.95. The van der Waals surface area contributed by atoms with E-state index >= 15 is 0 Å². The van der Waals surface area contributed by atoms with Crippen molar-refractivity contribution in [1.82, 2.24) is 4.31 Å². The molecule has 0 saturated carbocycles. The highest BCUT2D eigenvalue weighted by atomic mass is 32.2. The van der Waals surface area contributed by atoms with Gasteiger partial charge in [-0.05, 0) is 37.1 Å². The molecule has 2 aliphatic rings. The Balaban J connectivity index is 1.42. The zero-order valence-electron chi connectivity index (χ0n) is 18.9. The largest absolute Gasteiger partial charge is 0.493 e. The number of fused-ring (bicyclic) bond motifs is 1. The lowest BCUT2D eigenvalue weighted by Crippen LogP contribution is -2.43. The van der Waals surface area contributed by atoms with E-state index in [9.17, 15) is 13.2 Å². The van der Waals surface area contributed by atoms with E-state index in [1.165, 1.54) is 16.4 Å². The van der Waals surface area contributed by atoms with Gasteiger partial charge in [-0.15, -0.1) is 0 Å². The fourth-order valence-electron chi connectivity index (χ4n) is 4.11. The third-order valence-electron chi connectivity index (χ3n) is 6.04. The second-order valence-corrected chi connectivity index (χ2v) is 9.86. The van der Waals surface area contributed by atoms with Crippen LogP contribution in [0.25, 0.3) is 0 Å². The quantitative estimate of drug-likeness (QED) is 0.632. The standard InChI is InChI=1S/C23H28N2O7S/c1-24(17-4-6-19(29-2)21(14-17)30-3)23(26)16-8-10-25(11-9-16)33(27,28)18-5-7-20-22(15-18)32-13-12-31-20/h4-7,14-16H,8-13H2,1-3H3. The van der Waals surface area contributed by atoms with Crippen LogP contribution in [0.2, 0.25) is 0 Å². The monoisotopic (exact) mass is 476 g/mol. The van der Waals surface area contributed by atoms with Crippen molar-refractivity contribution in [3.8, 4) is 23.0 Å². The normalized spacial score (nSPS) is 16.8. The molecule has 0 unspecified atom stereocenters. The maximum atomic E-state index is 13.1. The van der Waals surface area contributed by atoms with Gasteiger partial charge in [0.2, 0.25) is 15.9 Å². The van der Waals surface area contributed by atoms with Gasteiger partial charge >= 0.3 is 0 Å². The zero-order valence-corrected chi connectivity index (χ0v) is 19.8. The number of piperidine rings is 1. The topological polar surface area (TPSA) is 94.6 Å². The predicted molar refractivity (Wildman–Crippen MR) is 122 cm³/mol. The lowest BCUT2D eigenvalue weighted by atomic mass is 9.96. The van der Waals surface area contributed by atoms with E-state index in [-0.39, 0.29) is 29.8 Å². The number of rotatable bonds is 6. The third kappa shape index (κ3) is 4.58. The molecular formula is C23H28N2O7S. The van der Waals surface area contributed by atoms with Crippen LogP contribution in [0.3, 0.4) is 0 Å². The molecule has 0 N–H and O–H groups in total. The minimum Gasteiger partial charge on any atom is -0.493 e. The van der Waals surface area contributed by atoms with Crippen molar-refractivity contribution in [3.05, 3.63) is 36.4 Å². The lowest BCUT2D eigenvalue weighted by molar-refractivity contribution is -0.123. The second kappa shape index (κ2) is 9.48. The van der Waals surface area contributed by atoms with Crippen LogP contribution in [-0.2, 0) is 14.8 Å². The van der Waals surface area contributed by atoms with Crippen molar-refractivity contribution in [1.29, 1.82) is 0 Å². The average Bonchev–Trinajstić information content (AvgIpc) is 2.87. The van der Waals surface area contributed by atoms with Gasteiger partial charge in [0.15, 0.2) is 23.0 Å². The number of ether oxygens (including phenoxy) is 4. The van der Waals surface area contributed by atoms with E-state index < -0.39 is 10.0 Å². The average molecular weight is 477 g/mol. The smallest absolute Gasteiger partial charge is 0.243 e. The molecule has 178 valence electrons. The molecule has 0 aliphatic carbocycles. The van der Waals surface area contributed by atoms with Gasteiger partial charge in [0.05, 0.1) is 19.1 Å². The fraction of sp³-hybridized carbons (Fsp3) is 0.435. The number of nitrogens with zero attached hydrogens (tertiary/aromatic N) is 2. The highest BCUT2D eigenvalue weighted by Gasteiger charge is 2.34. The summed E-state index contributed by atoms with van der Waals surface area (Å²) >= 11 is 0. The van der Waals surface area contributed by atoms with Gasteiger partial charge in [0, 0.05) is 43.9 Å². The molecule has 0 spiro atoms. The van der Waals surface area contributed by atoms with Crippen molar-refractivity contribution in [3.63, 3.8) is 0 Å². The molecule has 1 fully saturated rings. The van der Waals surface area contributed by atoms with Crippen LogP contribution in [0.4, 0.5) is 5.69 Å². The summed E-state index contributed by atoms with van der Waals surface area (Å²) in [7, 11) is 1.12. The van der Waals surface area contributed by atoms with Crippen LogP contribution in [0.1, 0.15) is 12.8 Å². The van der Waals surface area contributed by atoms with E-state index in [2.05, 4.69) is 0 Å². The lowest BCUT2D eigenvalue weighted by Gasteiger charge is -2.32. The summed E-state index contributed by atoms with van der Waals surface area (Å²) in [5, 5.41) is 0. The number of hydrogen-bond acceptors (Lipinski definition) is 7. The van der Waals surface area contributed by atoms with Crippen LogP contribution >= 0.6 is 0 Å². The van der Waals surface area contributed by atoms with Gasteiger partial charge in [-0.2, -0.15) is 4.31 Å². The molecule has 1 saturated heterocycles. The molecule has 0 aromatic heterocycles. The highest BCUT2D eigenvalue weighted by molar-refractivity contribution is 7.89. The molecule has 0 radical (unpaired) electrons. The molecule has 33 heavy (non-hydrogen) atoms. The molecule has 0 bridgehead atoms. The first-order chi connectivity index (χ1) is 15.8. The summed E-state index contributed by atoms with van der Waals surface area (Å²) in [5.41, 5.74) is 0.684. The van der Waals surface area contributed by atoms with E-state index in [4.69, 9.17) is 18.9 Å². The van der Waals surface area contributed by atoms with Crippen molar-refractivity contribution in [2.24, 2.45) is 5.92 Å². The molecule has 10 heteroatoms. The van der Waals surface area contributed by atoms with Gasteiger partial charge in [-0.1, -0.05) is 0 Å². The minimum atomic E-state index is -3.69. The maximum Gasteiger partial charge on any atom is 0.243 e. The number of sulfonamides is 1. The second-order valence-electron chi connectivity index (χ2n) is 7.92. The van der Waals surface area contributed by atoms with Gasteiger partial charge in [0.25, 0.3) is 0 Å². The van der Waals surface area contributed by atoms with Gasteiger partial charge in [-0.25, -0.2) is 8.42 Å². The summed E-state index contributed by atoms with van der Waals surface area (Å²) in [6.45, 7) is 1.37. The number of benzene rings is 2. The van der Waals surface area contributed by atoms with Crippen LogP contribution in [0.5, 0.6) is 23.0 Å². The Hall–Kier alpha value is -2.98. The summed E-state index contributed by atoms with van der Waals surface area (Å²) < 4.78 is 49.3. The van der Waals surface area contributed by atoms with Crippen molar-refractivity contribution in [2.75, 3.05) is 52.5 Å². The van der Waals surface area contributed by atoms with Crippen molar-refractivity contribution >= 4 is 21.6 Å². The number of anilines is 1. The molecule has 4 rings (SSSR count). The van der Waals surface area contributed by atoms with Crippen LogP contribution in [0.15, 0.2) is 41.3 Å². The van der Waals surface area contributed by atoms with Crippen LogP contribution in [0, 0.1) is 5.92 Å². The van der Waals surface area contributed by atoms with Gasteiger partial charge in [-0.3, -0.25) is 4.79 Å². The summed E-state index contributed by atoms with van der Waals surface area (Å²) in [4.78, 5) is 14.8.